The standard InChI is InChI=1S/C26H32FNO3/c1-30-21-11-12-25(27)24(14-21)19-7-5-17(6-8-19)16-31-22-4-2-3-20(13-22)23(15-26(28)29)18-9-10-18/h2-4,11-14,17-19,23H,5-10,15-16H2,1H3,(H2,28,29)/t17-,19+,23-/m0/s1. The third kappa shape index (κ3) is 5.57. The van der Waals surface area contributed by atoms with Crippen molar-refractivity contribution in [1.29, 1.82) is 0 Å². The van der Waals surface area contributed by atoms with Gasteiger partial charge in [-0.15, -0.1) is 0 Å². The fraction of sp³-hybridized carbons (Fsp3) is 0.500. The van der Waals surface area contributed by atoms with E-state index in [0.29, 0.717) is 30.6 Å². The third-order valence-electron chi connectivity index (χ3n) is 6.87. The van der Waals surface area contributed by atoms with Gasteiger partial charge < -0.3 is 15.2 Å². The molecule has 2 saturated carbocycles. The van der Waals surface area contributed by atoms with Gasteiger partial charge in [-0.25, -0.2) is 4.39 Å². The molecule has 0 bridgehead atoms. The number of nitrogens with two attached hydrogens (primary N) is 1. The van der Waals surface area contributed by atoms with Crippen molar-refractivity contribution in [3.8, 4) is 11.5 Å². The Kier molecular flexibility index (Phi) is 6.79. The van der Waals surface area contributed by atoms with Crippen molar-refractivity contribution in [2.45, 2.75) is 56.8 Å². The van der Waals surface area contributed by atoms with Gasteiger partial charge >= 0.3 is 0 Å². The zero-order chi connectivity index (χ0) is 21.8. The van der Waals surface area contributed by atoms with E-state index in [1.807, 2.05) is 18.2 Å². The third-order valence-corrected chi connectivity index (χ3v) is 6.87. The molecule has 0 aliphatic heterocycles. The van der Waals surface area contributed by atoms with Crippen LogP contribution in [0.4, 0.5) is 4.39 Å². The Balaban J connectivity index is 1.31. The molecule has 2 N–H and O–H groups in total. The number of hydrogen-bond acceptors (Lipinski definition) is 3. The Bertz CT molecular complexity index is 903. The number of ether oxygens (including phenoxy) is 2. The number of halogens is 1. The highest BCUT2D eigenvalue weighted by Gasteiger charge is 2.33. The summed E-state index contributed by atoms with van der Waals surface area (Å²) in [4.78, 5) is 11.5. The normalized spacial score (nSPS) is 22.0. The van der Waals surface area contributed by atoms with Crippen molar-refractivity contribution in [3.05, 3.63) is 59.4 Å². The van der Waals surface area contributed by atoms with Gasteiger partial charge in [-0.05, 0) is 104 Å². The van der Waals surface area contributed by atoms with Crippen LogP contribution in [0.15, 0.2) is 42.5 Å². The van der Waals surface area contributed by atoms with E-state index < -0.39 is 0 Å². The fourth-order valence-corrected chi connectivity index (χ4v) is 4.92. The van der Waals surface area contributed by atoms with Crippen molar-refractivity contribution in [1.82, 2.24) is 0 Å². The van der Waals surface area contributed by atoms with Crippen LogP contribution >= 0.6 is 0 Å². The van der Waals surface area contributed by atoms with Crippen molar-refractivity contribution in [2.75, 3.05) is 13.7 Å². The maximum atomic E-state index is 14.3. The molecule has 2 aliphatic rings. The van der Waals surface area contributed by atoms with Gasteiger partial charge in [0.15, 0.2) is 0 Å². The maximum absolute atomic E-state index is 14.3. The van der Waals surface area contributed by atoms with E-state index in [9.17, 15) is 9.18 Å². The lowest BCUT2D eigenvalue weighted by molar-refractivity contribution is -0.118. The SMILES string of the molecule is COc1ccc(F)c([C@H]2CC[C@@H](COc3cccc([C@@H](CC(N)=O)C4CC4)c3)CC2)c1. The molecule has 2 aliphatic carbocycles. The molecule has 0 aromatic heterocycles. The summed E-state index contributed by atoms with van der Waals surface area (Å²) in [5, 5.41) is 0. The molecular formula is C26H32FNO3. The number of primary amides is 1. The molecule has 31 heavy (non-hydrogen) atoms. The van der Waals surface area contributed by atoms with Gasteiger partial charge in [-0.2, -0.15) is 0 Å². The van der Waals surface area contributed by atoms with Crippen LogP contribution < -0.4 is 15.2 Å². The molecule has 1 amide bonds. The van der Waals surface area contributed by atoms with E-state index in [-0.39, 0.29) is 23.6 Å². The highest BCUT2D eigenvalue weighted by atomic mass is 19.1. The van der Waals surface area contributed by atoms with E-state index in [2.05, 4.69) is 12.1 Å². The van der Waals surface area contributed by atoms with E-state index >= 15 is 0 Å². The molecule has 2 aromatic rings. The molecule has 5 heteroatoms. The monoisotopic (exact) mass is 425 g/mol. The molecule has 0 saturated heterocycles. The summed E-state index contributed by atoms with van der Waals surface area (Å²) < 4.78 is 25.7. The molecule has 0 heterocycles. The largest absolute Gasteiger partial charge is 0.497 e. The van der Waals surface area contributed by atoms with Crippen LogP contribution in [0.5, 0.6) is 11.5 Å². The van der Waals surface area contributed by atoms with Gasteiger partial charge in [0, 0.05) is 6.42 Å². The van der Waals surface area contributed by atoms with Gasteiger partial charge in [0.25, 0.3) is 0 Å². The molecule has 4 rings (SSSR count). The zero-order valence-corrected chi connectivity index (χ0v) is 18.2. The summed E-state index contributed by atoms with van der Waals surface area (Å²) in [5.74, 6) is 2.66. The quantitative estimate of drug-likeness (QED) is 0.572. The molecular weight excluding hydrogens is 393 g/mol. The molecule has 0 radical (unpaired) electrons. The second-order valence-corrected chi connectivity index (χ2v) is 9.10. The minimum Gasteiger partial charge on any atom is -0.497 e. The lowest BCUT2D eigenvalue weighted by Gasteiger charge is -2.29. The first-order chi connectivity index (χ1) is 15.0. The average Bonchev–Trinajstić information content (AvgIpc) is 3.62. The first-order valence-electron chi connectivity index (χ1n) is 11.4. The van der Waals surface area contributed by atoms with Gasteiger partial charge in [0.2, 0.25) is 5.91 Å². The first kappa shape index (κ1) is 21.7. The van der Waals surface area contributed by atoms with Crippen molar-refractivity contribution in [3.63, 3.8) is 0 Å². The van der Waals surface area contributed by atoms with E-state index in [1.54, 1.807) is 13.2 Å². The highest BCUT2D eigenvalue weighted by Crippen LogP contribution is 2.45. The maximum Gasteiger partial charge on any atom is 0.218 e. The van der Waals surface area contributed by atoms with Gasteiger partial charge in [0.05, 0.1) is 13.7 Å². The predicted octanol–water partition coefficient (Wildman–Crippen LogP) is 5.56. The number of carbonyl (C=O) groups is 1. The van der Waals surface area contributed by atoms with Crippen LogP contribution in [-0.4, -0.2) is 19.6 Å². The summed E-state index contributed by atoms with van der Waals surface area (Å²) in [6.07, 6.45) is 6.70. The smallest absolute Gasteiger partial charge is 0.218 e. The Hall–Kier alpha value is -2.56. The van der Waals surface area contributed by atoms with Crippen molar-refractivity contribution < 1.29 is 18.7 Å². The van der Waals surface area contributed by atoms with E-state index in [4.69, 9.17) is 15.2 Å². The Labute approximate surface area is 183 Å². The molecule has 0 spiro atoms. The number of carbonyl (C=O) groups excluding carboxylic acids is 1. The zero-order valence-electron chi connectivity index (χ0n) is 18.2. The first-order valence-corrected chi connectivity index (χ1v) is 11.4. The minimum atomic E-state index is -0.243. The molecule has 2 aromatic carbocycles. The summed E-state index contributed by atoms with van der Waals surface area (Å²) in [7, 11) is 1.61. The van der Waals surface area contributed by atoms with E-state index in [1.165, 1.54) is 18.9 Å². The van der Waals surface area contributed by atoms with Crippen LogP contribution in [-0.2, 0) is 4.79 Å². The topological polar surface area (TPSA) is 61.6 Å². The molecule has 166 valence electrons. The predicted molar refractivity (Wildman–Crippen MR) is 119 cm³/mol. The molecule has 4 nitrogen and oxygen atoms in total. The molecule has 2 fully saturated rings. The second-order valence-electron chi connectivity index (χ2n) is 9.10. The molecule has 0 unspecified atom stereocenters. The lowest BCUT2D eigenvalue weighted by Crippen LogP contribution is -2.20. The van der Waals surface area contributed by atoms with Gasteiger partial charge in [-0.3, -0.25) is 4.79 Å². The average molecular weight is 426 g/mol. The number of benzene rings is 2. The fourth-order valence-electron chi connectivity index (χ4n) is 4.92. The van der Waals surface area contributed by atoms with Crippen LogP contribution in [0.2, 0.25) is 0 Å². The van der Waals surface area contributed by atoms with E-state index in [0.717, 1.165) is 42.6 Å². The Morgan fingerprint density at radius 3 is 2.52 bits per heavy atom. The Morgan fingerprint density at radius 1 is 1.06 bits per heavy atom. The van der Waals surface area contributed by atoms with Crippen molar-refractivity contribution in [2.24, 2.45) is 17.6 Å². The van der Waals surface area contributed by atoms with Crippen LogP contribution in [0.3, 0.4) is 0 Å². The number of rotatable bonds is 9. The minimum absolute atomic E-state index is 0.140. The Morgan fingerprint density at radius 2 is 1.84 bits per heavy atom. The lowest BCUT2D eigenvalue weighted by atomic mass is 9.79. The summed E-state index contributed by atoms with van der Waals surface area (Å²) >= 11 is 0. The second kappa shape index (κ2) is 9.71. The van der Waals surface area contributed by atoms with Crippen molar-refractivity contribution >= 4 is 5.91 Å². The van der Waals surface area contributed by atoms with Gasteiger partial charge in [-0.1, -0.05) is 12.1 Å². The summed E-state index contributed by atoms with van der Waals surface area (Å²) in [6.45, 7) is 0.667. The summed E-state index contributed by atoms with van der Waals surface area (Å²) in [6, 6.07) is 13.1. The summed E-state index contributed by atoms with van der Waals surface area (Å²) in [5.41, 5.74) is 7.39. The van der Waals surface area contributed by atoms with Gasteiger partial charge in [0.1, 0.15) is 17.3 Å². The number of amides is 1. The number of hydrogen-bond donors (Lipinski definition) is 1. The number of methoxy groups -OCH3 is 1. The van der Waals surface area contributed by atoms with Crippen LogP contribution in [0.1, 0.15) is 67.9 Å². The van der Waals surface area contributed by atoms with Crippen LogP contribution in [0, 0.1) is 17.7 Å². The van der Waals surface area contributed by atoms with Crippen LogP contribution in [0.25, 0.3) is 0 Å². The molecule has 1 atom stereocenters. The highest BCUT2D eigenvalue weighted by molar-refractivity contribution is 5.75.